The van der Waals surface area contributed by atoms with Gasteiger partial charge in [-0.25, -0.2) is 4.68 Å². The maximum atomic E-state index is 11.4. The Labute approximate surface area is 110 Å². The van der Waals surface area contributed by atoms with Crippen molar-refractivity contribution in [1.29, 1.82) is 0 Å². The summed E-state index contributed by atoms with van der Waals surface area (Å²) in [5.41, 5.74) is 0.832. The highest BCUT2D eigenvalue weighted by atomic mass is 16.5. The van der Waals surface area contributed by atoms with Crippen LogP contribution in [0.4, 0.5) is 0 Å². The molecule has 0 bridgehead atoms. The minimum Gasteiger partial charge on any atom is -0.491 e. The van der Waals surface area contributed by atoms with E-state index in [2.05, 4.69) is 10.3 Å². The van der Waals surface area contributed by atoms with Crippen molar-refractivity contribution in [3.8, 4) is 5.75 Å². The molecule has 0 saturated heterocycles. The number of carbonyl (C=O) groups excluding carboxylic acids is 2. The van der Waals surface area contributed by atoms with Gasteiger partial charge in [0.25, 0.3) is 0 Å². The fourth-order valence-electron chi connectivity index (χ4n) is 1.61. The van der Waals surface area contributed by atoms with Gasteiger partial charge in [0.1, 0.15) is 18.1 Å². The van der Waals surface area contributed by atoms with Crippen molar-refractivity contribution >= 4 is 12.1 Å². The second-order valence-corrected chi connectivity index (χ2v) is 3.93. The molecule has 0 N–H and O–H groups in total. The van der Waals surface area contributed by atoms with E-state index >= 15 is 0 Å². The van der Waals surface area contributed by atoms with Crippen LogP contribution >= 0.6 is 0 Å². The molecule has 1 aromatic heterocycles. The van der Waals surface area contributed by atoms with Gasteiger partial charge in [-0.2, -0.15) is 0 Å². The fraction of sp³-hybridized carbons (Fsp3) is 0.231. The maximum Gasteiger partial charge on any atom is 0.171 e. The number of aldehydes is 1. The quantitative estimate of drug-likeness (QED) is 0.578. The smallest absolute Gasteiger partial charge is 0.171 e. The van der Waals surface area contributed by atoms with Crippen molar-refractivity contribution in [2.75, 3.05) is 6.61 Å². The van der Waals surface area contributed by atoms with Gasteiger partial charge in [-0.1, -0.05) is 17.3 Å². The van der Waals surface area contributed by atoms with Gasteiger partial charge < -0.3 is 4.74 Å². The lowest BCUT2D eigenvalue weighted by atomic mass is 10.1. The number of ketones is 1. The molecule has 0 aliphatic carbocycles. The standard InChI is InChI=1S/C13H13N3O3/c1-10(18)12-4-2-3-5-13(12)19-7-6-16-8-11(9-17)14-15-16/h2-5,8-9H,6-7H2,1H3. The number of rotatable bonds is 6. The molecule has 0 radical (unpaired) electrons. The van der Waals surface area contributed by atoms with E-state index in [-0.39, 0.29) is 11.5 Å². The molecule has 0 fully saturated rings. The van der Waals surface area contributed by atoms with Gasteiger partial charge in [0, 0.05) is 0 Å². The molecule has 0 unspecified atom stereocenters. The third-order valence-corrected chi connectivity index (χ3v) is 2.52. The van der Waals surface area contributed by atoms with Gasteiger partial charge in [0.05, 0.1) is 18.3 Å². The summed E-state index contributed by atoms with van der Waals surface area (Å²) in [5, 5.41) is 7.41. The molecular weight excluding hydrogens is 246 g/mol. The van der Waals surface area contributed by atoms with E-state index in [1.165, 1.54) is 17.8 Å². The molecule has 0 atom stereocenters. The molecule has 0 saturated carbocycles. The van der Waals surface area contributed by atoms with Gasteiger partial charge in [-0.3, -0.25) is 9.59 Å². The van der Waals surface area contributed by atoms with E-state index in [9.17, 15) is 9.59 Å². The van der Waals surface area contributed by atoms with Crippen LogP contribution in [0.2, 0.25) is 0 Å². The SMILES string of the molecule is CC(=O)c1ccccc1OCCn1cc(C=O)nn1. The highest BCUT2D eigenvalue weighted by Gasteiger charge is 2.07. The molecular formula is C13H13N3O3. The first-order valence-corrected chi connectivity index (χ1v) is 5.79. The topological polar surface area (TPSA) is 74.1 Å². The number of ether oxygens (including phenoxy) is 1. The predicted molar refractivity (Wildman–Crippen MR) is 67.4 cm³/mol. The van der Waals surface area contributed by atoms with Crippen LogP contribution in [0, 0.1) is 0 Å². The third kappa shape index (κ3) is 3.25. The minimum atomic E-state index is -0.0420. The van der Waals surface area contributed by atoms with Crippen LogP contribution in [0.15, 0.2) is 30.5 Å². The number of carbonyl (C=O) groups is 2. The fourth-order valence-corrected chi connectivity index (χ4v) is 1.61. The third-order valence-electron chi connectivity index (χ3n) is 2.52. The van der Waals surface area contributed by atoms with Crippen LogP contribution in [-0.2, 0) is 6.54 Å². The average molecular weight is 259 g/mol. The Balaban J connectivity index is 1.95. The van der Waals surface area contributed by atoms with Gasteiger partial charge in [-0.15, -0.1) is 5.10 Å². The highest BCUT2D eigenvalue weighted by molar-refractivity contribution is 5.96. The molecule has 2 aromatic rings. The van der Waals surface area contributed by atoms with Crippen LogP contribution < -0.4 is 4.74 Å². The normalized spacial score (nSPS) is 10.2. The van der Waals surface area contributed by atoms with Crippen LogP contribution in [0.1, 0.15) is 27.8 Å². The van der Waals surface area contributed by atoms with E-state index in [4.69, 9.17) is 4.74 Å². The Morgan fingerprint density at radius 3 is 2.89 bits per heavy atom. The van der Waals surface area contributed by atoms with Crippen molar-refractivity contribution in [1.82, 2.24) is 15.0 Å². The zero-order valence-corrected chi connectivity index (χ0v) is 10.4. The number of Topliss-reactive ketones (excluding diaryl/α,β-unsaturated/α-hetero) is 1. The Bertz CT molecular complexity index is 592. The van der Waals surface area contributed by atoms with Crippen molar-refractivity contribution in [3.05, 3.63) is 41.7 Å². The molecule has 98 valence electrons. The monoisotopic (exact) mass is 259 g/mol. The molecule has 0 aliphatic heterocycles. The molecule has 0 aliphatic rings. The lowest BCUT2D eigenvalue weighted by Gasteiger charge is -2.09. The lowest BCUT2D eigenvalue weighted by Crippen LogP contribution is -2.10. The van der Waals surface area contributed by atoms with Gasteiger partial charge in [0.2, 0.25) is 0 Å². The molecule has 6 nitrogen and oxygen atoms in total. The number of benzene rings is 1. The highest BCUT2D eigenvalue weighted by Crippen LogP contribution is 2.18. The summed E-state index contributed by atoms with van der Waals surface area (Å²) in [5.74, 6) is 0.505. The zero-order valence-electron chi connectivity index (χ0n) is 10.4. The lowest BCUT2D eigenvalue weighted by molar-refractivity contribution is 0.101. The van der Waals surface area contributed by atoms with Gasteiger partial charge in [-0.05, 0) is 19.1 Å². The zero-order chi connectivity index (χ0) is 13.7. The number of nitrogens with zero attached hydrogens (tertiary/aromatic N) is 3. The van der Waals surface area contributed by atoms with Crippen molar-refractivity contribution < 1.29 is 14.3 Å². The van der Waals surface area contributed by atoms with Crippen LogP contribution in [0.25, 0.3) is 0 Å². The Morgan fingerprint density at radius 1 is 1.42 bits per heavy atom. The van der Waals surface area contributed by atoms with E-state index in [1.807, 2.05) is 6.07 Å². The predicted octanol–water partition coefficient (Wildman–Crippen LogP) is 1.37. The molecule has 6 heteroatoms. The average Bonchev–Trinajstić information content (AvgIpc) is 2.87. The second kappa shape index (κ2) is 5.90. The van der Waals surface area contributed by atoms with Crippen molar-refractivity contribution in [2.24, 2.45) is 0 Å². The first kappa shape index (κ1) is 12.9. The molecule has 2 rings (SSSR count). The molecule has 0 spiro atoms. The van der Waals surface area contributed by atoms with Crippen LogP contribution in [-0.4, -0.2) is 33.7 Å². The first-order chi connectivity index (χ1) is 9.20. The van der Waals surface area contributed by atoms with Gasteiger partial charge >= 0.3 is 0 Å². The van der Waals surface area contributed by atoms with E-state index in [0.717, 1.165) is 0 Å². The minimum absolute atomic E-state index is 0.0420. The largest absolute Gasteiger partial charge is 0.491 e. The Morgan fingerprint density at radius 2 is 2.21 bits per heavy atom. The molecule has 1 heterocycles. The number of para-hydroxylation sites is 1. The van der Waals surface area contributed by atoms with E-state index in [0.29, 0.717) is 30.8 Å². The van der Waals surface area contributed by atoms with Crippen molar-refractivity contribution in [3.63, 3.8) is 0 Å². The molecule has 19 heavy (non-hydrogen) atoms. The summed E-state index contributed by atoms with van der Waals surface area (Å²) in [4.78, 5) is 21.8. The van der Waals surface area contributed by atoms with Gasteiger partial charge in [0.15, 0.2) is 12.1 Å². The summed E-state index contributed by atoms with van der Waals surface area (Å²) in [6, 6.07) is 7.06. The number of aromatic nitrogens is 3. The molecule has 1 aromatic carbocycles. The first-order valence-electron chi connectivity index (χ1n) is 5.79. The summed E-state index contributed by atoms with van der Waals surface area (Å²) in [6.07, 6.45) is 2.17. The van der Waals surface area contributed by atoms with E-state index < -0.39 is 0 Å². The summed E-state index contributed by atoms with van der Waals surface area (Å²) in [7, 11) is 0. The maximum absolute atomic E-state index is 11.4. The summed E-state index contributed by atoms with van der Waals surface area (Å²) >= 11 is 0. The van der Waals surface area contributed by atoms with Crippen LogP contribution in [0.3, 0.4) is 0 Å². The number of hydrogen-bond donors (Lipinski definition) is 0. The Hall–Kier alpha value is -2.50. The number of hydrogen-bond acceptors (Lipinski definition) is 5. The van der Waals surface area contributed by atoms with Crippen LogP contribution in [0.5, 0.6) is 5.75 Å². The Kier molecular flexibility index (Phi) is 4.02. The van der Waals surface area contributed by atoms with E-state index in [1.54, 1.807) is 18.2 Å². The second-order valence-electron chi connectivity index (χ2n) is 3.93. The molecule has 0 amide bonds. The summed E-state index contributed by atoms with van der Waals surface area (Å²) in [6.45, 7) is 2.29. The summed E-state index contributed by atoms with van der Waals surface area (Å²) < 4.78 is 7.06. The van der Waals surface area contributed by atoms with Crippen molar-refractivity contribution in [2.45, 2.75) is 13.5 Å².